The molecule has 0 heterocycles. The van der Waals surface area contributed by atoms with E-state index in [9.17, 15) is 4.79 Å². The van der Waals surface area contributed by atoms with Crippen LogP contribution in [-0.4, -0.2) is 18.4 Å². The Morgan fingerprint density at radius 1 is 1.56 bits per heavy atom. The second kappa shape index (κ2) is 6.05. The monoisotopic (exact) mass is 151 g/mol. The second-order valence-electron chi connectivity index (χ2n) is 2.24. The van der Waals surface area contributed by atoms with Crippen LogP contribution in [0.1, 0.15) is 20.8 Å². The number of ketones is 1. The SMILES string of the molecule is CC(=O)CNC(C)C.Cl. The van der Waals surface area contributed by atoms with Crippen molar-refractivity contribution < 1.29 is 4.79 Å². The smallest absolute Gasteiger partial charge is 0.143 e. The molecule has 0 unspecified atom stereocenters. The molecule has 0 amide bonds. The summed E-state index contributed by atoms with van der Waals surface area (Å²) < 4.78 is 0. The van der Waals surface area contributed by atoms with Crippen LogP contribution in [-0.2, 0) is 4.79 Å². The van der Waals surface area contributed by atoms with Crippen molar-refractivity contribution in [3.63, 3.8) is 0 Å². The average Bonchev–Trinajstić information content (AvgIpc) is 1.61. The van der Waals surface area contributed by atoms with E-state index in [0.29, 0.717) is 12.6 Å². The standard InChI is InChI=1S/C6H13NO.ClH/c1-5(2)7-4-6(3)8;/h5,7H,4H2,1-3H3;1H. The molecule has 0 aromatic carbocycles. The molecule has 0 saturated carbocycles. The number of hydrogen-bond donors (Lipinski definition) is 1. The highest BCUT2D eigenvalue weighted by Gasteiger charge is 1.92. The molecule has 0 aromatic heterocycles. The predicted octanol–water partition coefficient (Wildman–Crippen LogP) is 0.995. The van der Waals surface area contributed by atoms with Crippen LogP contribution in [0.2, 0.25) is 0 Å². The molecule has 0 aliphatic rings. The van der Waals surface area contributed by atoms with E-state index in [1.54, 1.807) is 6.92 Å². The molecule has 0 atom stereocenters. The summed E-state index contributed by atoms with van der Waals surface area (Å²) >= 11 is 0. The number of Topliss-reactive ketones (excluding diaryl/α,β-unsaturated/α-hetero) is 1. The number of carbonyl (C=O) groups excluding carboxylic acids is 1. The van der Waals surface area contributed by atoms with Gasteiger partial charge in [0.15, 0.2) is 0 Å². The van der Waals surface area contributed by atoms with Gasteiger partial charge in [0, 0.05) is 6.04 Å². The van der Waals surface area contributed by atoms with Gasteiger partial charge in [0.2, 0.25) is 0 Å². The van der Waals surface area contributed by atoms with Gasteiger partial charge in [-0.25, -0.2) is 0 Å². The first-order valence-electron chi connectivity index (χ1n) is 2.85. The molecule has 0 bridgehead atoms. The third-order valence-corrected chi connectivity index (χ3v) is 0.759. The van der Waals surface area contributed by atoms with Crippen LogP contribution in [0, 0.1) is 0 Å². The van der Waals surface area contributed by atoms with Crippen LogP contribution < -0.4 is 5.32 Å². The van der Waals surface area contributed by atoms with Crippen molar-refractivity contribution in [1.29, 1.82) is 0 Å². The molecule has 1 N–H and O–H groups in total. The van der Waals surface area contributed by atoms with E-state index >= 15 is 0 Å². The first kappa shape index (κ1) is 11.7. The van der Waals surface area contributed by atoms with Gasteiger partial charge in [-0.2, -0.15) is 0 Å². The number of nitrogens with one attached hydrogen (secondary N) is 1. The molecule has 2 nitrogen and oxygen atoms in total. The maximum atomic E-state index is 10.3. The number of rotatable bonds is 3. The van der Waals surface area contributed by atoms with Crippen LogP contribution >= 0.6 is 12.4 Å². The minimum Gasteiger partial charge on any atom is -0.308 e. The molecular formula is C6H14ClNO. The van der Waals surface area contributed by atoms with Crippen molar-refractivity contribution in [2.75, 3.05) is 6.54 Å². The van der Waals surface area contributed by atoms with Gasteiger partial charge < -0.3 is 5.32 Å². The van der Waals surface area contributed by atoms with Crippen LogP contribution in [0.4, 0.5) is 0 Å². The lowest BCUT2D eigenvalue weighted by atomic mass is 10.3. The van der Waals surface area contributed by atoms with Crippen molar-refractivity contribution in [2.45, 2.75) is 26.8 Å². The normalized spacial score (nSPS) is 8.89. The van der Waals surface area contributed by atoms with Gasteiger partial charge in [0.05, 0.1) is 6.54 Å². The highest BCUT2D eigenvalue weighted by atomic mass is 35.5. The second-order valence-corrected chi connectivity index (χ2v) is 2.24. The van der Waals surface area contributed by atoms with E-state index in [2.05, 4.69) is 5.32 Å². The van der Waals surface area contributed by atoms with Gasteiger partial charge in [-0.15, -0.1) is 12.4 Å². The number of carbonyl (C=O) groups is 1. The molecule has 0 aliphatic carbocycles. The quantitative estimate of drug-likeness (QED) is 0.652. The van der Waals surface area contributed by atoms with E-state index in [-0.39, 0.29) is 18.2 Å². The van der Waals surface area contributed by atoms with Gasteiger partial charge in [0.25, 0.3) is 0 Å². The molecular weight excluding hydrogens is 138 g/mol. The lowest BCUT2D eigenvalue weighted by Gasteiger charge is -2.03. The summed E-state index contributed by atoms with van der Waals surface area (Å²) in [4.78, 5) is 10.3. The summed E-state index contributed by atoms with van der Waals surface area (Å²) in [5, 5.41) is 3.00. The third-order valence-electron chi connectivity index (χ3n) is 0.759. The largest absolute Gasteiger partial charge is 0.308 e. The van der Waals surface area contributed by atoms with Crippen molar-refractivity contribution >= 4 is 18.2 Å². The van der Waals surface area contributed by atoms with Crippen LogP contribution in [0.5, 0.6) is 0 Å². The molecule has 0 rings (SSSR count). The lowest BCUT2D eigenvalue weighted by Crippen LogP contribution is -2.27. The summed E-state index contributed by atoms with van der Waals surface area (Å²) in [6, 6.07) is 0.416. The zero-order valence-corrected chi connectivity index (χ0v) is 6.92. The fourth-order valence-electron chi connectivity index (χ4n) is 0.348. The molecule has 56 valence electrons. The molecule has 0 fully saturated rings. The van der Waals surface area contributed by atoms with E-state index in [1.165, 1.54) is 0 Å². The van der Waals surface area contributed by atoms with E-state index in [0.717, 1.165) is 0 Å². The zero-order chi connectivity index (χ0) is 6.57. The summed E-state index contributed by atoms with van der Waals surface area (Å²) in [6.45, 7) is 6.11. The molecule has 3 heteroatoms. The van der Waals surface area contributed by atoms with Gasteiger partial charge in [-0.05, 0) is 6.92 Å². The van der Waals surface area contributed by atoms with Crippen molar-refractivity contribution in [3.8, 4) is 0 Å². The highest BCUT2D eigenvalue weighted by molar-refractivity contribution is 5.85. The Hall–Kier alpha value is -0.0800. The average molecular weight is 152 g/mol. The fraction of sp³-hybridized carbons (Fsp3) is 0.833. The fourth-order valence-corrected chi connectivity index (χ4v) is 0.348. The Kier molecular flexibility index (Phi) is 7.85. The topological polar surface area (TPSA) is 29.1 Å². The summed E-state index contributed by atoms with van der Waals surface area (Å²) in [6.07, 6.45) is 0. The van der Waals surface area contributed by atoms with Crippen LogP contribution in [0.15, 0.2) is 0 Å². The first-order valence-corrected chi connectivity index (χ1v) is 2.85. The summed E-state index contributed by atoms with van der Waals surface area (Å²) in [5.41, 5.74) is 0. The van der Waals surface area contributed by atoms with E-state index in [4.69, 9.17) is 0 Å². The molecule has 0 aromatic rings. The Morgan fingerprint density at radius 3 is 2.11 bits per heavy atom. The van der Waals surface area contributed by atoms with Gasteiger partial charge in [0.1, 0.15) is 5.78 Å². The Balaban J connectivity index is 0. The summed E-state index contributed by atoms with van der Waals surface area (Å²) in [7, 11) is 0. The minimum atomic E-state index is 0. The van der Waals surface area contributed by atoms with Gasteiger partial charge in [-0.3, -0.25) is 4.79 Å². The Bertz CT molecular complexity index is 83.1. The Morgan fingerprint density at radius 2 is 2.00 bits per heavy atom. The number of hydrogen-bond acceptors (Lipinski definition) is 2. The summed E-state index contributed by atoms with van der Waals surface area (Å²) in [5.74, 6) is 0.193. The van der Waals surface area contributed by atoms with Gasteiger partial charge in [-0.1, -0.05) is 13.8 Å². The van der Waals surface area contributed by atoms with Gasteiger partial charge >= 0.3 is 0 Å². The van der Waals surface area contributed by atoms with E-state index in [1.807, 2.05) is 13.8 Å². The number of halogens is 1. The first-order chi connectivity index (χ1) is 3.63. The van der Waals surface area contributed by atoms with Crippen LogP contribution in [0.3, 0.4) is 0 Å². The zero-order valence-electron chi connectivity index (χ0n) is 6.10. The molecule has 0 radical (unpaired) electrons. The maximum Gasteiger partial charge on any atom is 0.143 e. The minimum absolute atomic E-state index is 0. The molecule has 0 aliphatic heterocycles. The molecule has 0 spiro atoms. The third kappa shape index (κ3) is 11.5. The molecule has 0 saturated heterocycles. The van der Waals surface area contributed by atoms with Crippen molar-refractivity contribution in [2.24, 2.45) is 0 Å². The van der Waals surface area contributed by atoms with Crippen LogP contribution in [0.25, 0.3) is 0 Å². The highest BCUT2D eigenvalue weighted by Crippen LogP contribution is 1.74. The van der Waals surface area contributed by atoms with Crippen molar-refractivity contribution in [3.05, 3.63) is 0 Å². The van der Waals surface area contributed by atoms with Crippen molar-refractivity contribution in [1.82, 2.24) is 5.32 Å². The Labute approximate surface area is 62.4 Å². The predicted molar refractivity (Wildman–Crippen MR) is 41.1 cm³/mol. The van der Waals surface area contributed by atoms with E-state index < -0.39 is 0 Å². The lowest BCUT2D eigenvalue weighted by molar-refractivity contribution is -0.116. The molecule has 9 heavy (non-hydrogen) atoms. The maximum absolute atomic E-state index is 10.3.